The maximum absolute atomic E-state index is 13.6. The van der Waals surface area contributed by atoms with E-state index in [-0.39, 0.29) is 103 Å². The molecule has 0 saturated carbocycles. The third-order valence-corrected chi connectivity index (χ3v) is 10.8. The molecule has 0 atom stereocenters. The first-order valence-corrected chi connectivity index (χ1v) is 20.5. The van der Waals surface area contributed by atoms with E-state index in [4.69, 9.17) is 0 Å². The van der Waals surface area contributed by atoms with Crippen LogP contribution < -0.4 is 69.3 Å². The van der Waals surface area contributed by atoms with Gasteiger partial charge in [0.05, 0.1) is 34.1 Å². The zero-order valence-corrected chi connectivity index (χ0v) is 38.9. The van der Waals surface area contributed by atoms with Crippen LogP contribution in [0.5, 0.6) is 11.5 Å². The molecule has 0 bridgehead atoms. The fraction of sp³-hybridized carbons (Fsp3) is 0.0476. The molecule has 7 aromatic rings. The van der Waals surface area contributed by atoms with Crippen LogP contribution in [0.25, 0.3) is 21.5 Å². The predicted molar refractivity (Wildman–Crippen MR) is 221 cm³/mol. The van der Waals surface area contributed by atoms with Gasteiger partial charge in [-0.15, -0.1) is 10.2 Å². The number of fused-ring (bicyclic) bond motifs is 2. The molecule has 0 aromatic heterocycles. The normalized spacial score (nSPS) is 12.5. The van der Waals surface area contributed by atoms with Crippen molar-refractivity contribution in [3.05, 3.63) is 144 Å². The summed E-state index contributed by atoms with van der Waals surface area (Å²) in [6.45, 7) is 3.72. The standard InChI is InChI=1S/C42H32N6O10S2.2Na/c1-23-6-12-29(13-7-23)45-47-37-35(59(53,54)55)19-25-10-16-31(21-33(25)39(37)49)43-41(51)27-4-3-5-28(18-27)42(52)44-32-17-11-26-20-36(60(56,57)58)38(40(50)34(26)22-32)48-46-30-14-8-24(2)9-15-30;;/h3-22,49-50H,1-2H3,(H,43,51)(H,44,52)(H,53,54,55)(H,56,57,58);;/q;2*+1/p-2. The van der Waals surface area contributed by atoms with Crippen molar-refractivity contribution in [1.29, 1.82) is 0 Å². The number of aliphatic hydroxyl groups excluding tert-OH is 2. The van der Waals surface area contributed by atoms with Gasteiger partial charge in [-0.2, -0.15) is 27.1 Å². The minimum atomic E-state index is -4.89. The maximum Gasteiger partial charge on any atom is 1.00 e. The molecular formula is C42H30N6Na2O10S2. The number of aliphatic hydroxyl groups is 2. The fourth-order valence-electron chi connectivity index (χ4n) is 5.96. The number of hydrogen-bond acceptors (Lipinski definition) is 12. The summed E-state index contributed by atoms with van der Waals surface area (Å²) >= 11 is 0. The number of nitrogens with zero attached hydrogens (tertiary/aromatic N) is 6. The summed E-state index contributed by atoms with van der Waals surface area (Å²) in [5.74, 6) is -2.80. The molecule has 0 radical (unpaired) electrons. The van der Waals surface area contributed by atoms with Gasteiger partial charge in [-0.1, -0.05) is 65.1 Å². The Hall–Kier alpha value is -5.38. The molecule has 7 rings (SSSR count). The minimum Gasteiger partial charge on any atom is -0.871 e. The van der Waals surface area contributed by atoms with Gasteiger partial charge in [0.15, 0.2) is 0 Å². The van der Waals surface area contributed by atoms with E-state index in [0.717, 1.165) is 23.3 Å². The second kappa shape index (κ2) is 19.3. The molecule has 20 heteroatoms. The van der Waals surface area contributed by atoms with Gasteiger partial charge in [-0.25, -0.2) is 9.98 Å². The molecule has 0 saturated heterocycles. The predicted octanol–water partition coefficient (Wildman–Crippen LogP) is 3.36. The van der Waals surface area contributed by atoms with Gasteiger partial charge in [-0.3, -0.25) is 9.11 Å². The van der Waals surface area contributed by atoms with Gasteiger partial charge in [0.1, 0.15) is 9.79 Å². The zero-order chi connectivity index (χ0) is 42.9. The molecule has 0 aliphatic heterocycles. The van der Waals surface area contributed by atoms with Crippen LogP contribution in [-0.2, 0) is 20.2 Å². The van der Waals surface area contributed by atoms with E-state index < -0.39 is 64.7 Å². The molecule has 0 spiro atoms. The fourth-order valence-corrected chi connectivity index (χ4v) is 7.27. The number of azo groups is 2. The van der Waals surface area contributed by atoms with E-state index in [1.165, 1.54) is 60.7 Å². The van der Waals surface area contributed by atoms with Crippen LogP contribution in [0, 0.1) is 13.8 Å². The summed E-state index contributed by atoms with van der Waals surface area (Å²) < 4.78 is 68.7. The Morgan fingerprint density at radius 1 is 0.484 bits per heavy atom. The first-order valence-electron chi connectivity index (χ1n) is 17.6. The summed E-state index contributed by atoms with van der Waals surface area (Å²) in [5, 5.41) is 65.1. The Morgan fingerprint density at radius 3 is 1.19 bits per heavy atom. The molecule has 16 nitrogen and oxygen atoms in total. The number of hydrogen-bond donors (Lipinski definition) is 4. The molecule has 62 heavy (non-hydrogen) atoms. The smallest absolute Gasteiger partial charge is 0.871 e. The van der Waals surface area contributed by atoms with E-state index in [9.17, 15) is 46.4 Å². The maximum atomic E-state index is 13.6. The van der Waals surface area contributed by atoms with Crippen LogP contribution in [0.3, 0.4) is 0 Å². The molecule has 0 heterocycles. The van der Waals surface area contributed by atoms with Crippen molar-refractivity contribution in [3.63, 3.8) is 0 Å². The van der Waals surface area contributed by atoms with E-state index >= 15 is 0 Å². The minimum absolute atomic E-state index is 0. The van der Waals surface area contributed by atoms with E-state index in [1.54, 1.807) is 48.5 Å². The molecule has 0 unspecified atom stereocenters. The number of rotatable bonds is 10. The number of aliphatic imine (C=N–C) groups is 2. The zero-order valence-electron chi connectivity index (χ0n) is 33.3. The Labute approximate surface area is 398 Å². The summed E-state index contributed by atoms with van der Waals surface area (Å²) in [5.41, 5.74) is 1.70. The summed E-state index contributed by atoms with van der Waals surface area (Å²) in [4.78, 5) is 6.93. The Balaban J connectivity index is 0.00000363. The number of benzene rings is 7. The van der Waals surface area contributed by atoms with E-state index in [2.05, 4.69) is 30.4 Å². The van der Waals surface area contributed by atoms with Crippen LogP contribution in [0.4, 0.5) is 34.1 Å². The first kappa shape index (κ1) is 47.7. The van der Waals surface area contributed by atoms with Gasteiger partial charge in [-0.05, 0) is 114 Å². The molecule has 0 fully saturated rings. The molecule has 7 aromatic carbocycles. The summed E-state index contributed by atoms with van der Waals surface area (Å²) in [7, 11) is -9.78. The summed E-state index contributed by atoms with van der Waals surface area (Å²) in [6, 6.07) is 29.6. The Kier molecular flexibility index (Phi) is 14.9. The van der Waals surface area contributed by atoms with Crippen molar-refractivity contribution in [2.24, 2.45) is 30.4 Å². The third kappa shape index (κ3) is 10.8. The van der Waals surface area contributed by atoms with Crippen molar-refractivity contribution < 1.29 is 105 Å². The molecule has 0 amide bonds. The van der Waals surface area contributed by atoms with Gasteiger partial charge >= 0.3 is 59.1 Å². The van der Waals surface area contributed by atoms with Crippen LogP contribution in [0.2, 0.25) is 0 Å². The number of aryl methyl sites for hydroxylation is 2. The van der Waals surface area contributed by atoms with Crippen LogP contribution in [0.1, 0.15) is 22.3 Å². The third-order valence-electron chi connectivity index (χ3n) is 9.04. The molecular weight excluding hydrogens is 859 g/mol. The average molecular weight is 889 g/mol. The van der Waals surface area contributed by atoms with Crippen LogP contribution in [-0.4, -0.2) is 47.9 Å². The average Bonchev–Trinajstić information content (AvgIpc) is 3.21. The van der Waals surface area contributed by atoms with Crippen molar-refractivity contribution in [1.82, 2.24) is 0 Å². The largest absolute Gasteiger partial charge is 1.00 e. The molecule has 0 aliphatic carbocycles. The Bertz CT molecular complexity index is 3010. The molecule has 4 N–H and O–H groups in total. The second-order valence-electron chi connectivity index (χ2n) is 13.4. The SMILES string of the molecule is Cc1ccc(N=Nc2c(S(=O)(=O)O)cc3ccc(N=C(O)c4cccc(C(O)=Nc5ccc6cc(S(=O)(=O)O)c(N=Nc7ccc(C)cc7)c([O-])c6c5)c4)cc3c2[O-])cc1.[Na+].[Na+]. The van der Waals surface area contributed by atoms with Gasteiger partial charge in [0.25, 0.3) is 20.2 Å². The molecule has 0 aliphatic rings. The molecule has 302 valence electrons. The van der Waals surface area contributed by atoms with E-state index in [0.29, 0.717) is 11.4 Å². The van der Waals surface area contributed by atoms with Crippen molar-refractivity contribution in [2.45, 2.75) is 23.6 Å². The Morgan fingerprint density at radius 2 is 0.839 bits per heavy atom. The van der Waals surface area contributed by atoms with Crippen LogP contribution in [0.15, 0.2) is 162 Å². The topological polar surface area (TPSA) is 269 Å². The van der Waals surface area contributed by atoms with Gasteiger partial charge in [0.2, 0.25) is 11.8 Å². The second-order valence-corrected chi connectivity index (χ2v) is 16.2. The van der Waals surface area contributed by atoms with Crippen molar-refractivity contribution in [2.75, 3.05) is 0 Å². The van der Waals surface area contributed by atoms with Gasteiger partial charge < -0.3 is 20.4 Å². The quantitative estimate of drug-likeness (QED) is 0.0511. The van der Waals surface area contributed by atoms with Crippen molar-refractivity contribution >= 4 is 87.7 Å². The van der Waals surface area contributed by atoms with Crippen LogP contribution >= 0.6 is 0 Å². The monoisotopic (exact) mass is 888 g/mol. The summed E-state index contributed by atoms with van der Waals surface area (Å²) in [6.07, 6.45) is 0. The first-order chi connectivity index (χ1) is 28.4. The van der Waals surface area contributed by atoms with E-state index in [1.807, 2.05) is 13.8 Å². The van der Waals surface area contributed by atoms with Gasteiger partial charge in [0, 0.05) is 11.1 Å². The van der Waals surface area contributed by atoms with Crippen molar-refractivity contribution in [3.8, 4) is 11.5 Å².